The largest absolute Gasteiger partial charge is 0.394 e. The van der Waals surface area contributed by atoms with Crippen LogP contribution in [0, 0.1) is 6.92 Å². The Morgan fingerprint density at radius 1 is 0.793 bits per heavy atom. The number of aliphatic hydroxyl groups excluding tert-OH is 1. The van der Waals surface area contributed by atoms with Crippen molar-refractivity contribution in [1.29, 1.82) is 0 Å². The molecule has 0 aliphatic rings. The molecule has 1 N–H and O–H groups in total. The van der Waals surface area contributed by atoms with Gasteiger partial charge in [0.25, 0.3) is 10.1 Å². The highest BCUT2D eigenvalue weighted by Crippen LogP contribution is 2.12. The van der Waals surface area contributed by atoms with Crippen molar-refractivity contribution in [2.45, 2.75) is 11.8 Å². The molecule has 0 saturated heterocycles. The lowest BCUT2D eigenvalue weighted by molar-refractivity contribution is -0.00763. The van der Waals surface area contributed by atoms with Crippen molar-refractivity contribution in [2.75, 3.05) is 66.1 Å². The van der Waals surface area contributed by atoms with E-state index in [-0.39, 0.29) is 24.7 Å². The molecule has 11 nitrogen and oxygen atoms in total. The van der Waals surface area contributed by atoms with Crippen molar-refractivity contribution >= 4 is 10.1 Å². The molecular weight excluding hydrogens is 406 g/mol. The van der Waals surface area contributed by atoms with Crippen LogP contribution in [-0.2, 0) is 33.2 Å². The van der Waals surface area contributed by atoms with Crippen LogP contribution in [0.25, 0.3) is 16.0 Å². The molecule has 29 heavy (non-hydrogen) atoms. The molecule has 0 spiro atoms. The summed E-state index contributed by atoms with van der Waals surface area (Å²) in [5.41, 5.74) is 14.5. The summed E-state index contributed by atoms with van der Waals surface area (Å²) in [4.78, 5) is 1.63. The van der Waals surface area contributed by atoms with Gasteiger partial charge >= 0.3 is 0 Å². The molecule has 0 unspecified atom stereocenters. The third-order valence-corrected chi connectivity index (χ3v) is 4.45. The quantitative estimate of drug-likeness (QED) is 0.135. The van der Waals surface area contributed by atoms with Gasteiger partial charge in [-0.25, -0.2) is 0 Å². The molecule has 0 aliphatic heterocycles. The fraction of sp³-hybridized carbons (Fsp3) is 0.647. The van der Waals surface area contributed by atoms with E-state index in [4.69, 9.17) is 39.3 Å². The molecule has 0 atom stereocenters. The minimum absolute atomic E-state index is 0.00599. The zero-order valence-electron chi connectivity index (χ0n) is 16.4. The van der Waals surface area contributed by atoms with Crippen LogP contribution in [0.2, 0.25) is 0 Å². The van der Waals surface area contributed by atoms with Gasteiger partial charge in [0.1, 0.15) is 0 Å². The molecule has 0 aliphatic carbocycles. The maximum Gasteiger partial charge on any atom is 0.297 e. The van der Waals surface area contributed by atoms with E-state index in [0.717, 1.165) is 5.56 Å². The number of hydrogen-bond acceptors (Lipinski definition) is 8. The molecule has 0 fully saturated rings. The highest BCUT2D eigenvalue weighted by Gasteiger charge is 2.14. The number of ether oxygens (including phenoxy) is 4. The zero-order valence-corrected chi connectivity index (χ0v) is 17.3. The second-order valence-electron chi connectivity index (χ2n) is 5.35. The van der Waals surface area contributed by atoms with Gasteiger partial charge in [-0.05, 0) is 19.1 Å². The van der Waals surface area contributed by atoms with Gasteiger partial charge < -0.3 is 35.1 Å². The molecule has 0 aromatic heterocycles. The average molecular weight is 434 g/mol. The van der Waals surface area contributed by atoms with Crippen LogP contribution in [0.15, 0.2) is 29.2 Å². The average Bonchev–Trinajstić information content (AvgIpc) is 2.69. The Morgan fingerprint density at radius 3 is 1.59 bits per heavy atom. The third kappa shape index (κ3) is 15.8. The predicted octanol–water partition coefficient (Wildman–Crippen LogP) is 1.63. The van der Waals surface area contributed by atoms with Crippen molar-refractivity contribution < 1.29 is 36.7 Å². The van der Waals surface area contributed by atoms with Crippen LogP contribution in [-0.4, -0.2) is 79.6 Å². The minimum Gasteiger partial charge on any atom is -0.394 e. The SMILES string of the molecule is Cc1ccc(S(=O)(=O)OCCOCCOCCOCCOCCO)cc1.[N-]=[N+]=[N-]. The van der Waals surface area contributed by atoms with Crippen molar-refractivity contribution in [2.24, 2.45) is 0 Å². The summed E-state index contributed by atoms with van der Waals surface area (Å²) in [7, 11) is -3.75. The predicted molar refractivity (Wildman–Crippen MR) is 105 cm³/mol. The van der Waals surface area contributed by atoms with Gasteiger partial charge in [-0.1, -0.05) is 17.7 Å². The van der Waals surface area contributed by atoms with Gasteiger partial charge in [-0.2, -0.15) is 8.42 Å². The van der Waals surface area contributed by atoms with Crippen LogP contribution >= 0.6 is 0 Å². The van der Waals surface area contributed by atoms with Gasteiger partial charge in [-0.15, -0.1) is 0 Å². The summed E-state index contributed by atoms with van der Waals surface area (Å²) in [6.45, 7) is 4.80. The molecule has 0 saturated carbocycles. The number of rotatable bonds is 16. The molecule has 0 radical (unpaired) electrons. The van der Waals surface area contributed by atoms with Gasteiger partial charge in [0, 0.05) is 0 Å². The van der Waals surface area contributed by atoms with Crippen LogP contribution < -0.4 is 0 Å². The van der Waals surface area contributed by atoms with Crippen LogP contribution in [0.5, 0.6) is 0 Å². The van der Waals surface area contributed by atoms with Gasteiger partial charge in [0.15, 0.2) is 0 Å². The maximum atomic E-state index is 11.9. The first-order valence-corrected chi connectivity index (χ1v) is 10.2. The normalized spacial score (nSPS) is 10.8. The highest BCUT2D eigenvalue weighted by atomic mass is 32.2. The van der Waals surface area contributed by atoms with E-state index in [9.17, 15) is 8.42 Å². The molecule has 0 heterocycles. The Labute approximate surface area is 171 Å². The number of nitrogens with zero attached hydrogens (tertiary/aromatic N) is 3. The first-order valence-electron chi connectivity index (χ1n) is 8.84. The van der Waals surface area contributed by atoms with Crippen molar-refractivity contribution in [3.05, 3.63) is 45.8 Å². The summed E-state index contributed by atoms with van der Waals surface area (Å²) in [6, 6.07) is 6.46. The minimum atomic E-state index is -3.75. The first kappa shape index (κ1) is 27.2. The Balaban J connectivity index is 0.00000245. The fourth-order valence-corrected chi connectivity index (χ4v) is 2.69. The number of aliphatic hydroxyl groups is 1. The maximum absolute atomic E-state index is 11.9. The van der Waals surface area contributed by atoms with E-state index in [2.05, 4.69) is 0 Å². The monoisotopic (exact) mass is 434 g/mol. The van der Waals surface area contributed by atoms with E-state index >= 15 is 0 Å². The molecule has 1 aromatic carbocycles. The summed E-state index contributed by atoms with van der Waals surface area (Å²) in [6.07, 6.45) is 0. The second-order valence-corrected chi connectivity index (χ2v) is 6.97. The standard InChI is InChI=1S/C17H28O8S.N3/c1-16-2-4-17(5-3-16)26(19,20)25-15-14-24-13-12-23-11-10-22-9-8-21-7-6-18;1-3-2/h2-5,18H,6-15H2,1H3;/q;-1. The smallest absolute Gasteiger partial charge is 0.297 e. The van der Waals surface area contributed by atoms with Gasteiger partial charge in [0.05, 0.1) is 71.0 Å². The lowest BCUT2D eigenvalue weighted by Gasteiger charge is -2.08. The van der Waals surface area contributed by atoms with Crippen molar-refractivity contribution in [3.63, 3.8) is 0 Å². The van der Waals surface area contributed by atoms with Crippen LogP contribution in [0.3, 0.4) is 0 Å². The summed E-state index contributed by atoms with van der Waals surface area (Å²) < 4.78 is 49.6. The molecule has 12 heteroatoms. The van der Waals surface area contributed by atoms with Crippen molar-refractivity contribution in [1.82, 2.24) is 0 Å². The molecule has 166 valence electrons. The van der Waals surface area contributed by atoms with E-state index in [1.54, 1.807) is 12.1 Å². The molecular formula is C17H28N3O8S-. The van der Waals surface area contributed by atoms with Gasteiger partial charge in [0.2, 0.25) is 0 Å². The van der Waals surface area contributed by atoms with Crippen LogP contribution in [0.4, 0.5) is 0 Å². The van der Waals surface area contributed by atoms with Gasteiger partial charge in [-0.3, -0.25) is 9.09 Å². The Hall–Kier alpha value is -1.76. The number of hydrogen-bond donors (Lipinski definition) is 1. The Morgan fingerprint density at radius 2 is 1.17 bits per heavy atom. The number of benzene rings is 1. The summed E-state index contributed by atoms with van der Waals surface area (Å²) >= 11 is 0. The fourth-order valence-electron chi connectivity index (χ4n) is 1.80. The van der Waals surface area contributed by atoms with E-state index in [0.29, 0.717) is 46.2 Å². The summed E-state index contributed by atoms with van der Waals surface area (Å²) in [5.74, 6) is 0. The lowest BCUT2D eigenvalue weighted by atomic mass is 10.2. The zero-order chi connectivity index (χ0) is 21.8. The first-order chi connectivity index (χ1) is 14.0. The summed E-state index contributed by atoms with van der Waals surface area (Å²) in [5, 5.41) is 8.51. The molecule has 0 amide bonds. The molecule has 1 rings (SSSR count). The van der Waals surface area contributed by atoms with Crippen molar-refractivity contribution in [3.8, 4) is 0 Å². The van der Waals surface area contributed by atoms with E-state index < -0.39 is 10.1 Å². The van der Waals surface area contributed by atoms with Crippen LogP contribution in [0.1, 0.15) is 5.56 Å². The topological polar surface area (TPSA) is 159 Å². The highest BCUT2D eigenvalue weighted by molar-refractivity contribution is 7.86. The second kappa shape index (κ2) is 18.3. The Kier molecular flexibility index (Phi) is 17.2. The van der Waals surface area contributed by atoms with E-state index in [1.807, 2.05) is 6.92 Å². The molecule has 0 bridgehead atoms. The number of aryl methyl sites for hydroxylation is 1. The van der Waals surface area contributed by atoms with E-state index in [1.165, 1.54) is 17.0 Å². The lowest BCUT2D eigenvalue weighted by Crippen LogP contribution is -2.15. The third-order valence-electron chi connectivity index (χ3n) is 3.13. The molecule has 1 aromatic rings. The Bertz CT molecular complexity index is 649.